The van der Waals surface area contributed by atoms with Crippen molar-refractivity contribution in [1.29, 1.82) is 0 Å². The number of piperidine rings is 1. The molecule has 0 unspecified atom stereocenters. The summed E-state index contributed by atoms with van der Waals surface area (Å²) in [4.78, 5) is 16.3. The number of hydrogen-bond acceptors (Lipinski definition) is 3. The fourth-order valence-corrected chi connectivity index (χ4v) is 3.13. The summed E-state index contributed by atoms with van der Waals surface area (Å²) in [5, 5.41) is 6.23. The van der Waals surface area contributed by atoms with Crippen molar-refractivity contribution in [3.8, 4) is 0 Å². The molecule has 1 aromatic rings. The van der Waals surface area contributed by atoms with Gasteiger partial charge in [0.1, 0.15) is 6.54 Å². The van der Waals surface area contributed by atoms with Gasteiger partial charge in [-0.3, -0.25) is 9.58 Å². The highest BCUT2D eigenvalue weighted by atomic mass is 19.4. The van der Waals surface area contributed by atoms with E-state index >= 15 is 0 Å². The summed E-state index contributed by atoms with van der Waals surface area (Å²) < 4.78 is 37.7. The van der Waals surface area contributed by atoms with Gasteiger partial charge < -0.3 is 10.2 Å². The Morgan fingerprint density at radius 3 is 2.54 bits per heavy atom. The van der Waals surface area contributed by atoms with Crippen LogP contribution >= 0.6 is 0 Å². The maximum atomic E-state index is 12.3. The lowest BCUT2D eigenvalue weighted by Gasteiger charge is -2.36. The third kappa shape index (κ3) is 4.28. The lowest BCUT2D eigenvalue weighted by Crippen LogP contribution is -2.47. The minimum Gasteiger partial charge on any atom is -0.324 e. The predicted octanol–water partition coefficient (Wildman–Crippen LogP) is 2.31. The highest BCUT2D eigenvalue weighted by Crippen LogP contribution is 2.20. The van der Waals surface area contributed by atoms with Crippen molar-refractivity contribution in [2.45, 2.75) is 31.6 Å². The van der Waals surface area contributed by atoms with Crippen LogP contribution in [0.2, 0.25) is 0 Å². The molecule has 3 rings (SSSR count). The van der Waals surface area contributed by atoms with Gasteiger partial charge in [0.2, 0.25) is 0 Å². The van der Waals surface area contributed by atoms with Crippen LogP contribution in [0, 0.1) is 0 Å². The summed E-state index contributed by atoms with van der Waals surface area (Å²) in [5.41, 5.74) is 0.273. The molecule has 0 atom stereocenters. The molecule has 1 fully saturated rings. The molecule has 2 amide bonds. The monoisotopic (exact) mass is 343 g/mol. The number of nitrogens with zero attached hydrogens (tertiary/aromatic N) is 4. The molecule has 2 aliphatic rings. The van der Waals surface area contributed by atoms with Gasteiger partial charge in [0, 0.05) is 38.4 Å². The Balaban J connectivity index is 1.47. The zero-order valence-corrected chi connectivity index (χ0v) is 13.2. The van der Waals surface area contributed by atoms with Crippen LogP contribution in [0.4, 0.5) is 23.7 Å². The van der Waals surface area contributed by atoms with E-state index in [1.54, 1.807) is 4.90 Å². The first-order valence-electron chi connectivity index (χ1n) is 7.95. The molecule has 0 saturated carbocycles. The number of aromatic nitrogens is 2. The molecule has 3 heterocycles. The van der Waals surface area contributed by atoms with Crippen LogP contribution in [0.1, 0.15) is 12.8 Å². The first kappa shape index (κ1) is 16.8. The van der Waals surface area contributed by atoms with Gasteiger partial charge in [0.25, 0.3) is 0 Å². The lowest BCUT2D eigenvalue weighted by atomic mass is 10.0. The Morgan fingerprint density at radius 1 is 1.25 bits per heavy atom. The van der Waals surface area contributed by atoms with Crippen LogP contribution in [-0.4, -0.2) is 64.0 Å². The Kier molecular flexibility index (Phi) is 4.79. The first-order valence-corrected chi connectivity index (χ1v) is 7.95. The molecule has 1 saturated heterocycles. The second-order valence-electron chi connectivity index (χ2n) is 6.12. The minimum absolute atomic E-state index is 0.273. The smallest absolute Gasteiger partial charge is 0.324 e. The van der Waals surface area contributed by atoms with Crippen molar-refractivity contribution in [1.82, 2.24) is 19.6 Å². The number of nitrogens with one attached hydrogen (secondary N) is 1. The highest BCUT2D eigenvalue weighted by Gasteiger charge is 2.29. The third-order valence-electron chi connectivity index (χ3n) is 4.34. The number of carbonyl (C=O) groups excluding carboxylic acids is 1. The van der Waals surface area contributed by atoms with E-state index in [9.17, 15) is 18.0 Å². The summed E-state index contributed by atoms with van der Waals surface area (Å²) in [6.45, 7) is 2.05. The summed E-state index contributed by atoms with van der Waals surface area (Å²) in [7, 11) is 0. The molecule has 0 aromatic carbocycles. The lowest BCUT2D eigenvalue weighted by molar-refractivity contribution is -0.142. The van der Waals surface area contributed by atoms with E-state index in [-0.39, 0.29) is 11.7 Å². The normalized spacial score (nSPS) is 19.9. The van der Waals surface area contributed by atoms with Gasteiger partial charge in [-0.1, -0.05) is 12.2 Å². The first-order chi connectivity index (χ1) is 11.4. The molecule has 0 spiro atoms. The molecule has 1 N–H and O–H groups in total. The maximum absolute atomic E-state index is 12.3. The number of hydrogen-bond donors (Lipinski definition) is 1. The number of urea groups is 1. The van der Waals surface area contributed by atoms with E-state index in [0.29, 0.717) is 19.1 Å². The topological polar surface area (TPSA) is 53.4 Å². The zero-order valence-electron chi connectivity index (χ0n) is 13.2. The van der Waals surface area contributed by atoms with E-state index in [2.05, 4.69) is 27.5 Å². The fraction of sp³-hybridized carbons (Fsp3) is 0.600. The van der Waals surface area contributed by atoms with Crippen LogP contribution in [0.3, 0.4) is 0 Å². The molecule has 0 radical (unpaired) electrons. The molecule has 2 aliphatic heterocycles. The Hall–Kier alpha value is -2.03. The van der Waals surface area contributed by atoms with Crippen molar-refractivity contribution < 1.29 is 18.0 Å². The number of amides is 2. The average molecular weight is 343 g/mol. The Morgan fingerprint density at radius 2 is 1.92 bits per heavy atom. The summed E-state index contributed by atoms with van der Waals surface area (Å²) in [5.74, 6) is 0. The van der Waals surface area contributed by atoms with E-state index in [1.165, 1.54) is 12.4 Å². The van der Waals surface area contributed by atoms with Gasteiger partial charge in [-0.2, -0.15) is 18.3 Å². The number of alkyl halides is 3. The standard InChI is InChI=1S/C15H20F3N5O/c16-15(17,18)11-23-10-12(9-19-23)20-14(24)22-7-3-13(4-8-22)21-5-1-2-6-21/h1-2,9-10,13H,3-8,11H2,(H,20,24). The number of halogens is 3. The number of rotatable bonds is 3. The van der Waals surface area contributed by atoms with Crippen LogP contribution in [0.25, 0.3) is 0 Å². The van der Waals surface area contributed by atoms with Gasteiger partial charge in [0.05, 0.1) is 11.9 Å². The average Bonchev–Trinajstić information content (AvgIpc) is 3.18. The number of carbonyl (C=O) groups is 1. The molecular weight excluding hydrogens is 323 g/mol. The summed E-state index contributed by atoms with van der Waals surface area (Å²) in [6.07, 6.45) is 4.19. The van der Waals surface area contributed by atoms with Crippen molar-refractivity contribution in [3.63, 3.8) is 0 Å². The molecule has 9 heteroatoms. The maximum Gasteiger partial charge on any atom is 0.408 e. The van der Waals surface area contributed by atoms with Crippen LogP contribution in [-0.2, 0) is 6.54 Å². The molecule has 1 aromatic heterocycles. The van der Waals surface area contributed by atoms with Gasteiger partial charge in [0.15, 0.2) is 0 Å². The van der Waals surface area contributed by atoms with Crippen molar-refractivity contribution in [3.05, 3.63) is 24.5 Å². The molecule has 0 bridgehead atoms. The Labute approximate surface area is 137 Å². The minimum atomic E-state index is -4.33. The molecular formula is C15H20F3N5O. The molecule has 6 nitrogen and oxygen atoms in total. The molecule has 132 valence electrons. The molecule has 24 heavy (non-hydrogen) atoms. The SMILES string of the molecule is O=C(Nc1cnn(CC(F)(F)F)c1)N1CCC(N2CC=CC2)CC1. The summed E-state index contributed by atoms with van der Waals surface area (Å²) in [6, 6.07) is 0.193. The second kappa shape index (κ2) is 6.84. The number of anilines is 1. The summed E-state index contributed by atoms with van der Waals surface area (Å²) >= 11 is 0. The van der Waals surface area contributed by atoms with Gasteiger partial charge in [-0.25, -0.2) is 4.79 Å². The number of likely N-dealkylation sites (tertiary alicyclic amines) is 1. The van der Waals surface area contributed by atoms with E-state index < -0.39 is 12.7 Å². The van der Waals surface area contributed by atoms with Crippen LogP contribution in [0.5, 0.6) is 0 Å². The quantitative estimate of drug-likeness (QED) is 0.857. The van der Waals surface area contributed by atoms with Gasteiger partial charge in [-0.05, 0) is 12.8 Å². The molecule has 0 aliphatic carbocycles. The van der Waals surface area contributed by atoms with Crippen molar-refractivity contribution in [2.75, 3.05) is 31.5 Å². The third-order valence-corrected chi connectivity index (χ3v) is 4.34. The van der Waals surface area contributed by atoms with Crippen molar-refractivity contribution >= 4 is 11.7 Å². The van der Waals surface area contributed by atoms with Gasteiger partial charge in [-0.15, -0.1) is 0 Å². The fourth-order valence-electron chi connectivity index (χ4n) is 3.13. The van der Waals surface area contributed by atoms with E-state index in [0.717, 1.165) is 30.6 Å². The second-order valence-corrected chi connectivity index (χ2v) is 6.12. The van der Waals surface area contributed by atoms with Gasteiger partial charge >= 0.3 is 12.2 Å². The van der Waals surface area contributed by atoms with Crippen LogP contribution in [0.15, 0.2) is 24.5 Å². The van der Waals surface area contributed by atoms with E-state index in [4.69, 9.17) is 0 Å². The van der Waals surface area contributed by atoms with E-state index in [1.807, 2.05) is 0 Å². The largest absolute Gasteiger partial charge is 0.408 e. The highest BCUT2D eigenvalue weighted by molar-refractivity contribution is 5.89. The Bertz CT molecular complexity index is 596. The zero-order chi connectivity index (χ0) is 17.2. The van der Waals surface area contributed by atoms with Crippen molar-refractivity contribution in [2.24, 2.45) is 0 Å². The van der Waals surface area contributed by atoms with Crippen LogP contribution < -0.4 is 5.32 Å². The predicted molar refractivity (Wildman–Crippen MR) is 82.6 cm³/mol.